The SMILES string of the molecule is CCNC(c1ccc(Br)cn1)c1c(Br)cnn1CC. The fraction of sp³-hybridized carbons (Fsp3) is 0.385. The van der Waals surface area contributed by atoms with E-state index >= 15 is 0 Å². The summed E-state index contributed by atoms with van der Waals surface area (Å²) in [6.07, 6.45) is 3.66. The summed E-state index contributed by atoms with van der Waals surface area (Å²) in [5.74, 6) is 0. The molecule has 19 heavy (non-hydrogen) atoms. The van der Waals surface area contributed by atoms with Crippen molar-refractivity contribution in [3.05, 3.63) is 44.9 Å². The van der Waals surface area contributed by atoms with Crippen LogP contribution in [0.3, 0.4) is 0 Å². The van der Waals surface area contributed by atoms with Crippen LogP contribution in [0.1, 0.15) is 31.3 Å². The monoisotopic (exact) mass is 386 g/mol. The lowest BCUT2D eigenvalue weighted by molar-refractivity contribution is 0.533. The summed E-state index contributed by atoms with van der Waals surface area (Å²) in [4.78, 5) is 4.50. The summed E-state index contributed by atoms with van der Waals surface area (Å²) in [6.45, 7) is 5.87. The van der Waals surface area contributed by atoms with Crippen LogP contribution in [0.25, 0.3) is 0 Å². The molecular weight excluding hydrogens is 372 g/mol. The lowest BCUT2D eigenvalue weighted by atomic mass is 10.1. The van der Waals surface area contributed by atoms with Gasteiger partial charge in [0.2, 0.25) is 0 Å². The van der Waals surface area contributed by atoms with Crippen molar-refractivity contribution in [3.63, 3.8) is 0 Å². The highest BCUT2D eigenvalue weighted by Crippen LogP contribution is 2.28. The molecule has 0 aliphatic rings. The molecule has 6 heteroatoms. The first kappa shape index (κ1) is 14.7. The van der Waals surface area contributed by atoms with Crippen molar-refractivity contribution in [2.45, 2.75) is 26.4 Å². The van der Waals surface area contributed by atoms with Gasteiger partial charge >= 0.3 is 0 Å². The van der Waals surface area contributed by atoms with Gasteiger partial charge in [-0.1, -0.05) is 6.92 Å². The number of aromatic nitrogens is 3. The Hall–Kier alpha value is -0.720. The summed E-state index contributed by atoms with van der Waals surface area (Å²) >= 11 is 7.00. The zero-order chi connectivity index (χ0) is 13.8. The Morgan fingerprint density at radius 3 is 2.63 bits per heavy atom. The van der Waals surface area contributed by atoms with Gasteiger partial charge in [0.1, 0.15) is 0 Å². The van der Waals surface area contributed by atoms with Crippen LogP contribution in [-0.2, 0) is 6.54 Å². The van der Waals surface area contributed by atoms with Crippen molar-refractivity contribution >= 4 is 31.9 Å². The first-order valence-corrected chi connectivity index (χ1v) is 7.82. The number of halogens is 2. The van der Waals surface area contributed by atoms with Gasteiger partial charge in [-0.05, 0) is 57.5 Å². The predicted molar refractivity (Wildman–Crippen MR) is 83.1 cm³/mol. The van der Waals surface area contributed by atoms with E-state index in [-0.39, 0.29) is 6.04 Å². The van der Waals surface area contributed by atoms with E-state index in [1.54, 1.807) is 0 Å². The van der Waals surface area contributed by atoms with Crippen molar-refractivity contribution in [1.29, 1.82) is 0 Å². The molecule has 1 unspecified atom stereocenters. The lowest BCUT2D eigenvalue weighted by Gasteiger charge is -2.19. The number of nitrogens with zero attached hydrogens (tertiary/aromatic N) is 3. The number of nitrogens with one attached hydrogen (secondary N) is 1. The largest absolute Gasteiger partial charge is 0.304 e. The Bertz CT molecular complexity index is 536. The van der Waals surface area contributed by atoms with Crippen LogP contribution in [0.2, 0.25) is 0 Å². The molecule has 2 aromatic heterocycles. The number of hydrogen-bond acceptors (Lipinski definition) is 3. The van der Waals surface area contributed by atoms with Gasteiger partial charge in [-0.2, -0.15) is 5.10 Å². The second-order valence-corrected chi connectivity index (χ2v) is 5.86. The average Bonchev–Trinajstić information content (AvgIpc) is 2.78. The molecule has 0 saturated carbocycles. The highest BCUT2D eigenvalue weighted by atomic mass is 79.9. The van der Waals surface area contributed by atoms with E-state index in [1.807, 2.05) is 29.2 Å². The van der Waals surface area contributed by atoms with Crippen LogP contribution >= 0.6 is 31.9 Å². The Morgan fingerprint density at radius 2 is 2.05 bits per heavy atom. The highest BCUT2D eigenvalue weighted by molar-refractivity contribution is 9.10. The zero-order valence-electron chi connectivity index (χ0n) is 10.9. The van der Waals surface area contributed by atoms with Crippen molar-refractivity contribution in [3.8, 4) is 0 Å². The molecule has 0 saturated heterocycles. The summed E-state index contributed by atoms with van der Waals surface area (Å²) < 4.78 is 3.97. The molecule has 0 aromatic carbocycles. The summed E-state index contributed by atoms with van der Waals surface area (Å²) in [5, 5.41) is 7.84. The van der Waals surface area contributed by atoms with E-state index in [0.29, 0.717) is 0 Å². The van der Waals surface area contributed by atoms with Crippen molar-refractivity contribution in [2.24, 2.45) is 0 Å². The maximum Gasteiger partial charge on any atom is 0.0933 e. The van der Waals surface area contributed by atoms with Crippen LogP contribution in [-0.4, -0.2) is 21.3 Å². The van der Waals surface area contributed by atoms with Crippen molar-refractivity contribution < 1.29 is 0 Å². The Balaban J connectivity index is 2.44. The third-order valence-corrected chi connectivity index (χ3v) is 3.94. The van der Waals surface area contributed by atoms with Crippen LogP contribution in [0.4, 0.5) is 0 Å². The number of pyridine rings is 1. The standard InChI is InChI=1S/C13H16Br2N4/c1-3-16-12(11-6-5-9(14)7-17-11)13-10(15)8-18-19(13)4-2/h5-8,12,16H,3-4H2,1-2H3. The van der Waals surface area contributed by atoms with E-state index in [4.69, 9.17) is 0 Å². The first-order valence-electron chi connectivity index (χ1n) is 6.23. The van der Waals surface area contributed by atoms with Crippen molar-refractivity contribution in [1.82, 2.24) is 20.1 Å². The van der Waals surface area contributed by atoms with Gasteiger partial charge < -0.3 is 5.32 Å². The minimum atomic E-state index is 0.0370. The molecule has 4 nitrogen and oxygen atoms in total. The lowest BCUT2D eigenvalue weighted by Crippen LogP contribution is -2.26. The van der Waals surface area contributed by atoms with E-state index < -0.39 is 0 Å². The maximum atomic E-state index is 4.50. The summed E-state index contributed by atoms with van der Waals surface area (Å²) in [6, 6.07) is 4.07. The van der Waals surface area contributed by atoms with Crippen LogP contribution in [0.5, 0.6) is 0 Å². The quantitative estimate of drug-likeness (QED) is 0.853. The molecule has 0 bridgehead atoms. The van der Waals surface area contributed by atoms with Crippen molar-refractivity contribution in [2.75, 3.05) is 6.54 Å². The zero-order valence-corrected chi connectivity index (χ0v) is 14.1. The maximum absolute atomic E-state index is 4.50. The molecule has 0 spiro atoms. The van der Waals surface area contributed by atoms with Gasteiger partial charge in [0.05, 0.1) is 28.1 Å². The highest BCUT2D eigenvalue weighted by Gasteiger charge is 2.21. The van der Waals surface area contributed by atoms with Crippen LogP contribution in [0.15, 0.2) is 33.5 Å². The molecule has 0 amide bonds. The third-order valence-electron chi connectivity index (χ3n) is 2.86. The van der Waals surface area contributed by atoms with Crippen LogP contribution in [0, 0.1) is 0 Å². The third kappa shape index (κ3) is 3.24. The number of hydrogen-bond donors (Lipinski definition) is 1. The van der Waals surface area contributed by atoms with E-state index in [2.05, 4.69) is 61.1 Å². The molecule has 1 N–H and O–H groups in total. The Labute approximate surface area is 129 Å². The molecule has 1 atom stereocenters. The molecule has 2 aromatic rings. The second kappa shape index (κ2) is 6.63. The molecule has 0 fully saturated rings. The summed E-state index contributed by atoms with van der Waals surface area (Å²) in [5.41, 5.74) is 2.10. The van der Waals surface area contributed by atoms with Gasteiger partial charge in [-0.25, -0.2) is 0 Å². The first-order chi connectivity index (χ1) is 9.17. The van der Waals surface area contributed by atoms with Gasteiger partial charge in [0.25, 0.3) is 0 Å². The Kier molecular flexibility index (Phi) is 5.13. The molecule has 0 aliphatic carbocycles. The van der Waals surface area contributed by atoms with Gasteiger partial charge in [0.15, 0.2) is 0 Å². The fourth-order valence-electron chi connectivity index (χ4n) is 2.01. The normalized spacial score (nSPS) is 12.6. The molecule has 2 rings (SSSR count). The van der Waals surface area contributed by atoms with Gasteiger partial charge in [0, 0.05) is 17.2 Å². The number of aryl methyl sites for hydroxylation is 1. The topological polar surface area (TPSA) is 42.7 Å². The molecule has 0 radical (unpaired) electrons. The van der Waals surface area contributed by atoms with Gasteiger partial charge in [-0.3, -0.25) is 9.67 Å². The number of rotatable bonds is 5. The summed E-state index contributed by atoms with van der Waals surface area (Å²) in [7, 11) is 0. The minimum absolute atomic E-state index is 0.0370. The predicted octanol–water partition coefficient (Wildman–Crippen LogP) is 3.52. The van der Waals surface area contributed by atoms with Gasteiger partial charge in [-0.15, -0.1) is 0 Å². The molecule has 0 aliphatic heterocycles. The van der Waals surface area contributed by atoms with E-state index in [1.165, 1.54) is 0 Å². The Morgan fingerprint density at radius 1 is 1.26 bits per heavy atom. The molecule has 102 valence electrons. The minimum Gasteiger partial charge on any atom is -0.304 e. The van der Waals surface area contributed by atoms with E-state index in [9.17, 15) is 0 Å². The average molecular weight is 388 g/mol. The molecule has 2 heterocycles. The fourth-order valence-corrected chi connectivity index (χ4v) is 2.77. The second-order valence-electron chi connectivity index (χ2n) is 4.09. The molecular formula is C13H16Br2N4. The van der Waals surface area contributed by atoms with E-state index in [0.717, 1.165) is 33.4 Å². The van der Waals surface area contributed by atoms with Crippen LogP contribution < -0.4 is 5.32 Å². The smallest absolute Gasteiger partial charge is 0.0933 e.